The number of pyridine rings is 1. The molecule has 25 heavy (non-hydrogen) atoms. The van der Waals surface area contributed by atoms with Crippen LogP contribution in [-0.4, -0.2) is 21.8 Å². The van der Waals surface area contributed by atoms with Crippen molar-refractivity contribution in [1.82, 2.24) is 4.98 Å². The molecule has 0 atom stereocenters. The molecule has 2 aromatic rings. The predicted molar refractivity (Wildman–Crippen MR) is 99.4 cm³/mol. The van der Waals surface area contributed by atoms with Gasteiger partial charge >= 0.3 is 5.97 Å². The van der Waals surface area contributed by atoms with E-state index in [1.807, 2.05) is 24.3 Å². The number of hydrogen-bond acceptors (Lipinski definition) is 4. The van der Waals surface area contributed by atoms with Crippen molar-refractivity contribution < 1.29 is 14.6 Å². The molecule has 1 saturated carbocycles. The number of carbonyl (C=O) groups is 1. The van der Waals surface area contributed by atoms with Gasteiger partial charge in [-0.2, -0.15) is 0 Å². The zero-order chi connectivity index (χ0) is 17.6. The van der Waals surface area contributed by atoms with E-state index in [0.717, 1.165) is 28.0 Å². The summed E-state index contributed by atoms with van der Waals surface area (Å²) in [5.74, 6) is 1.77. The Balaban J connectivity index is 1.55. The number of benzene rings is 1. The molecule has 0 unspecified atom stereocenters. The number of aliphatic carboxylic acids is 1. The summed E-state index contributed by atoms with van der Waals surface area (Å²) in [6.45, 7) is 0.353. The Labute approximate surface area is 156 Å². The number of aromatic nitrogens is 1. The van der Waals surface area contributed by atoms with Crippen molar-refractivity contribution in [2.75, 3.05) is 5.75 Å². The average Bonchev–Trinajstić information content (AvgIpc) is 3.42. The van der Waals surface area contributed by atoms with Gasteiger partial charge in [-0.15, -0.1) is 11.8 Å². The Morgan fingerprint density at radius 2 is 2.16 bits per heavy atom. The average molecular weight is 378 g/mol. The lowest BCUT2D eigenvalue weighted by atomic mass is 10.1. The quantitative estimate of drug-likeness (QED) is 0.634. The number of carboxylic acid groups (broad SMARTS) is 1. The summed E-state index contributed by atoms with van der Waals surface area (Å²) in [6, 6.07) is 11.4. The third-order valence-electron chi connectivity index (χ3n) is 3.94. The standard InChI is InChI=1S/C19H20ClNO3S/c20-16-10-13(7-9-19(22)23)6-8-17(16)24-11-15-2-1-3-18(21-15)25-12-14-4-5-14/h1-3,6,8,10,14H,4-5,7,9,11-12H2,(H,22,23). The summed E-state index contributed by atoms with van der Waals surface area (Å²) < 4.78 is 5.78. The first-order valence-electron chi connectivity index (χ1n) is 8.32. The highest BCUT2D eigenvalue weighted by Gasteiger charge is 2.21. The largest absolute Gasteiger partial charge is 0.486 e. The highest BCUT2D eigenvalue weighted by atomic mass is 35.5. The number of carboxylic acids is 1. The summed E-state index contributed by atoms with van der Waals surface area (Å²) in [5.41, 5.74) is 1.75. The number of hydrogen-bond donors (Lipinski definition) is 1. The van der Waals surface area contributed by atoms with E-state index in [4.69, 9.17) is 21.4 Å². The monoisotopic (exact) mass is 377 g/mol. The number of halogens is 1. The molecule has 4 nitrogen and oxygen atoms in total. The molecule has 0 radical (unpaired) electrons. The van der Waals surface area contributed by atoms with Gasteiger partial charge in [0, 0.05) is 12.2 Å². The van der Waals surface area contributed by atoms with Crippen LogP contribution in [0.1, 0.15) is 30.5 Å². The van der Waals surface area contributed by atoms with E-state index in [1.165, 1.54) is 12.8 Å². The molecule has 1 aromatic carbocycles. The summed E-state index contributed by atoms with van der Waals surface area (Å²) in [7, 11) is 0. The van der Waals surface area contributed by atoms with Gasteiger partial charge in [0.05, 0.1) is 15.7 Å². The van der Waals surface area contributed by atoms with Crippen molar-refractivity contribution in [2.45, 2.75) is 37.3 Å². The maximum absolute atomic E-state index is 10.6. The zero-order valence-corrected chi connectivity index (χ0v) is 15.4. The van der Waals surface area contributed by atoms with Crippen LogP contribution in [0.3, 0.4) is 0 Å². The second-order valence-corrected chi connectivity index (χ2v) is 7.62. The van der Waals surface area contributed by atoms with Gasteiger partial charge in [0.1, 0.15) is 12.4 Å². The van der Waals surface area contributed by atoms with Crippen molar-refractivity contribution >= 4 is 29.3 Å². The van der Waals surface area contributed by atoms with Crippen LogP contribution in [0.2, 0.25) is 5.02 Å². The lowest BCUT2D eigenvalue weighted by molar-refractivity contribution is -0.136. The molecule has 0 bridgehead atoms. The summed E-state index contributed by atoms with van der Waals surface area (Å²) in [5, 5.41) is 10.3. The van der Waals surface area contributed by atoms with Crippen LogP contribution in [0.25, 0.3) is 0 Å². The van der Waals surface area contributed by atoms with Crippen LogP contribution in [0, 0.1) is 5.92 Å². The van der Waals surface area contributed by atoms with Gasteiger partial charge in [0.25, 0.3) is 0 Å². The fourth-order valence-electron chi connectivity index (χ4n) is 2.33. The highest BCUT2D eigenvalue weighted by molar-refractivity contribution is 7.99. The first-order valence-corrected chi connectivity index (χ1v) is 9.68. The predicted octanol–water partition coefficient (Wildman–Crippen LogP) is 4.83. The number of aryl methyl sites for hydroxylation is 1. The van der Waals surface area contributed by atoms with E-state index in [1.54, 1.807) is 23.9 Å². The van der Waals surface area contributed by atoms with E-state index >= 15 is 0 Å². The molecule has 0 amide bonds. The van der Waals surface area contributed by atoms with Gasteiger partial charge in [-0.25, -0.2) is 4.98 Å². The van der Waals surface area contributed by atoms with Crippen LogP contribution in [0.5, 0.6) is 5.75 Å². The molecule has 0 aliphatic heterocycles. The van der Waals surface area contributed by atoms with Crippen molar-refractivity contribution in [1.29, 1.82) is 0 Å². The SMILES string of the molecule is O=C(O)CCc1ccc(OCc2cccc(SCC3CC3)n2)c(Cl)c1. The molecule has 132 valence electrons. The Kier molecular flexibility index (Phi) is 6.21. The van der Waals surface area contributed by atoms with Crippen LogP contribution >= 0.6 is 23.4 Å². The Morgan fingerprint density at radius 1 is 1.32 bits per heavy atom. The van der Waals surface area contributed by atoms with Gasteiger partial charge < -0.3 is 9.84 Å². The maximum Gasteiger partial charge on any atom is 0.303 e. The molecule has 1 heterocycles. The van der Waals surface area contributed by atoms with Gasteiger partial charge in [-0.3, -0.25) is 4.79 Å². The molecule has 1 N–H and O–H groups in total. The van der Waals surface area contributed by atoms with Crippen molar-refractivity contribution in [3.63, 3.8) is 0 Å². The minimum absolute atomic E-state index is 0.0891. The molecular formula is C19H20ClNO3S. The van der Waals surface area contributed by atoms with Crippen LogP contribution < -0.4 is 4.74 Å². The van der Waals surface area contributed by atoms with E-state index in [9.17, 15) is 4.79 Å². The molecular weight excluding hydrogens is 358 g/mol. The fraction of sp³-hybridized carbons (Fsp3) is 0.368. The Bertz CT molecular complexity index is 749. The number of ether oxygens (including phenoxy) is 1. The molecule has 1 aliphatic rings. The topological polar surface area (TPSA) is 59.4 Å². The summed E-state index contributed by atoms with van der Waals surface area (Å²) in [6.07, 6.45) is 3.23. The van der Waals surface area contributed by atoms with Gasteiger partial charge in [0.15, 0.2) is 0 Å². The van der Waals surface area contributed by atoms with E-state index in [-0.39, 0.29) is 6.42 Å². The summed E-state index contributed by atoms with van der Waals surface area (Å²) in [4.78, 5) is 15.2. The molecule has 0 saturated heterocycles. The van der Waals surface area contributed by atoms with Gasteiger partial charge in [0.2, 0.25) is 0 Å². The molecule has 1 fully saturated rings. The highest BCUT2D eigenvalue weighted by Crippen LogP contribution is 2.34. The molecule has 1 aromatic heterocycles. The first kappa shape index (κ1) is 18.1. The third kappa shape index (κ3) is 5.94. The van der Waals surface area contributed by atoms with E-state index in [0.29, 0.717) is 23.8 Å². The minimum Gasteiger partial charge on any atom is -0.486 e. The van der Waals surface area contributed by atoms with Crippen LogP contribution in [0.15, 0.2) is 41.4 Å². The van der Waals surface area contributed by atoms with Crippen molar-refractivity contribution in [3.8, 4) is 5.75 Å². The van der Waals surface area contributed by atoms with Gasteiger partial charge in [-0.1, -0.05) is 23.7 Å². The third-order valence-corrected chi connectivity index (χ3v) is 5.40. The van der Waals surface area contributed by atoms with Crippen LogP contribution in [-0.2, 0) is 17.8 Å². The lowest BCUT2D eigenvalue weighted by Gasteiger charge is -2.10. The number of rotatable bonds is 9. The first-order chi connectivity index (χ1) is 12.1. The summed E-state index contributed by atoms with van der Waals surface area (Å²) >= 11 is 8.04. The normalized spacial score (nSPS) is 13.6. The fourth-order valence-corrected chi connectivity index (χ4v) is 3.68. The van der Waals surface area contributed by atoms with E-state index in [2.05, 4.69) is 4.98 Å². The Morgan fingerprint density at radius 3 is 2.88 bits per heavy atom. The molecule has 0 spiro atoms. The zero-order valence-electron chi connectivity index (χ0n) is 13.8. The van der Waals surface area contributed by atoms with Gasteiger partial charge in [-0.05, 0) is 55.0 Å². The second-order valence-electron chi connectivity index (χ2n) is 6.17. The van der Waals surface area contributed by atoms with Crippen molar-refractivity contribution in [3.05, 3.63) is 52.7 Å². The Hall–Kier alpha value is -1.72. The minimum atomic E-state index is -0.818. The molecule has 1 aliphatic carbocycles. The second kappa shape index (κ2) is 8.59. The number of nitrogens with zero attached hydrogens (tertiary/aromatic N) is 1. The van der Waals surface area contributed by atoms with Crippen molar-refractivity contribution in [2.24, 2.45) is 5.92 Å². The van der Waals surface area contributed by atoms with E-state index < -0.39 is 5.97 Å². The maximum atomic E-state index is 10.6. The molecule has 6 heteroatoms. The smallest absolute Gasteiger partial charge is 0.303 e. The number of thioether (sulfide) groups is 1. The lowest BCUT2D eigenvalue weighted by Crippen LogP contribution is -2.00. The van der Waals surface area contributed by atoms with Crippen LogP contribution in [0.4, 0.5) is 0 Å². The molecule has 3 rings (SSSR count).